The van der Waals surface area contributed by atoms with Crippen LogP contribution in [-0.4, -0.2) is 71.8 Å². The number of rotatable bonds is 7. The largest absolute Gasteiger partial charge is 0.357 e. The molecule has 1 aromatic rings. The summed E-state index contributed by atoms with van der Waals surface area (Å²) in [5.41, 5.74) is 0. The van der Waals surface area contributed by atoms with Gasteiger partial charge in [0.2, 0.25) is 0 Å². The van der Waals surface area contributed by atoms with Crippen molar-refractivity contribution in [2.45, 2.75) is 30.1 Å². The number of hydrogen-bond donors (Lipinski definition) is 1. The topological polar surface area (TPSA) is 43.8 Å². The minimum absolute atomic E-state index is 0. The molecule has 2 aliphatic rings. The summed E-state index contributed by atoms with van der Waals surface area (Å²) in [5.74, 6) is 2.17. The third-order valence-electron chi connectivity index (χ3n) is 4.36. The number of thiazole rings is 1. The Morgan fingerprint density at radius 3 is 3.00 bits per heavy atom. The molecule has 1 saturated heterocycles. The molecule has 0 aromatic carbocycles. The summed E-state index contributed by atoms with van der Waals surface area (Å²) in [6.45, 7) is 8.39. The lowest BCUT2D eigenvalue weighted by atomic mass is 10.2. The van der Waals surface area contributed by atoms with Gasteiger partial charge in [0.05, 0.1) is 0 Å². The van der Waals surface area contributed by atoms with Crippen molar-refractivity contribution in [3.63, 3.8) is 0 Å². The van der Waals surface area contributed by atoms with Gasteiger partial charge in [0.1, 0.15) is 4.34 Å². The van der Waals surface area contributed by atoms with Crippen LogP contribution in [0.4, 0.5) is 0 Å². The van der Waals surface area contributed by atoms with Crippen molar-refractivity contribution in [2.75, 3.05) is 45.0 Å². The number of likely N-dealkylation sites (tertiary alicyclic amines) is 1. The van der Waals surface area contributed by atoms with Gasteiger partial charge in [-0.05, 0) is 19.8 Å². The van der Waals surface area contributed by atoms with E-state index in [4.69, 9.17) is 4.99 Å². The monoisotopic (exact) mass is 493 g/mol. The predicted molar refractivity (Wildman–Crippen MR) is 120 cm³/mol. The highest BCUT2D eigenvalue weighted by Gasteiger charge is 2.29. The first-order valence-electron chi connectivity index (χ1n) is 8.81. The Bertz CT molecular complexity index is 541. The zero-order chi connectivity index (χ0) is 16.6. The Balaban J connectivity index is 0.00000225. The van der Waals surface area contributed by atoms with Gasteiger partial charge in [0, 0.05) is 62.6 Å². The minimum Gasteiger partial charge on any atom is -0.357 e. The van der Waals surface area contributed by atoms with E-state index in [2.05, 4.69) is 39.2 Å². The van der Waals surface area contributed by atoms with Crippen LogP contribution in [0.15, 0.2) is 33.1 Å². The smallest absolute Gasteiger partial charge is 0.193 e. The van der Waals surface area contributed by atoms with Crippen molar-refractivity contribution in [1.82, 2.24) is 20.1 Å². The zero-order valence-electron chi connectivity index (χ0n) is 14.8. The number of nitrogens with zero attached hydrogens (tertiary/aromatic N) is 4. The van der Waals surface area contributed by atoms with Crippen LogP contribution in [0.3, 0.4) is 0 Å². The Labute approximate surface area is 176 Å². The first-order chi connectivity index (χ1) is 11.9. The second-order valence-corrected chi connectivity index (χ2v) is 8.29. The molecule has 2 aliphatic heterocycles. The van der Waals surface area contributed by atoms with Gasteiger partial charge in [-0.1, -0.05) is 23.9 Å². The SMILES string of the molecule is CCNC(=NCCCSc1nccs1)N1CCC(N2CC=CC2)C1.I. The van der Waals surface area contributed by atoms with E-state index in [1.165, 1.54) is 6.42 Å². The molecule has 140 valence electrons. The van der Waals surface area contributed by atoms with E-state index in [0.29, 0.717) is 6.04 Å². The van der Waals surface area contributed by atoms with E-state index in [0.717, 1.165) is 61.7 Å². The van der Waals surface area contributed by atoms with E-state index in [1.807, 2.05) is 23.3 Å². The van der Waals surface area contributed by atoms with Gasteiger partial charge >= 0.3 is 0 Å². The molecule has 0 aliphatic carbocycles. The Hall–Kier alpha value is -0.320. The Kier molecular flexibility index (Phi) is 9.57. The summed E-state index contributed by atoms with van der Waals surface area (Å²) < 4.78 is 1.16. The predicted octanol–water partition coefficient (Wildman–Crippen LogP) is 3.15. The van der Waals surface area contributed by atoms with Crippen LogP contribution >= 0.6 is 47.1 Å². The van der Waals surface area contributed by atoms with Gasteiger partial charge in [0.25, 0.3) is 0 Å². The quantitative estimate of drug-likeness (QED) is 0.158. The van der Waals surface area contributed by atoms with Gasteiger partial charge in [-0.3, -0.25) is 9.89 Å². The molecule has 0 spiro atoms. The molecule has 3 heterocycles. The van der Waals surface area contributed by atoms with Crippen LogP contribution in [0.5, 0.6) is 0 Å². The van der Waals surface area contributed by atoms with Crippen molar-refractivity contribution in [3.05, 3.63) is 23.7 Å². The molecule has 1 N–H and O–H groups in total. The molecule has 1 fully saturated rings. The molecular weight excluding hydrogens is 465 g/mol. The second kappa shape index (κ2) is 11.4. The molecule has 8 heteroatoms. The number of aromatic nitrogens is 1. The highest BCUT2D eigenvalue weighted by molar-refractivity contribution is 14.0. The van der Waals surface area contributed by atoms with Crippen LogP contribution in [0.25, 0.3) is 0 Å². The van der Waals surface area contributed by atoms with Crippen LogP contribution in [0.2, 0.25) is 0 Å². The summed E-state index contributed by atoms with van der Waals surface area (Å²) in [4.78, 5) is 14.1. The number of nitrogens with one attached hydrogen (secondary N) is 1. The summed E-state index contributed by atoms with van der Waals surface area (Å²) in [7, 11) is 0. The normalized spacial score (nSPS) is 20.9. The maximum Gasteiger partial charge on any atom is 0.193 e. The molecule has 5 nitrogen and oxygen atoms in total. The molecule has 1 unspecified atom stereocenters. The Morgan fingerprint density at radius 2 is 2.28 bits per heavy atom. The lowest BCUT2D eigenvalue weighted by molar-refractivity contribution is 0.259. The fourth-order valence-electron chi connectivity index (χ4n) is 3.14. The first kappa shape index (κ1) is 21.0. The van der Waals surface area contributed by atoms with Crippen LogP contribution in [-0.2, 0) is 0 Å². The fourth-order valence-corrected chi connectivity index (χ4v) is 4.77. The molecule has 0 amide bonds. The summed E-state index contributed by atoms with van der Waals surface area (Å²) in [6.07, 6.45) is 8.76. The van der Waals surface area contributed by atoms with Crippen LogP contribution in [0.1, 0.15) is 19.8 Å². The molecule has 0 saturated carbocycles. The van der Waals surface area contributed by atoms with Crippen LogP contribution < -0.4 is 5.32 Å². The van der Waals surface area contributed by atoms with Crippen LogP contribution in [0, 0.1) is 0 Å². The first-order valence-corrected chi connectivity index (χ1v) is 10.7. The molecule has 1 aromatic heterocycles. The highest BCUT2D eigenvalue weighted by atomic mass is 127. The van der Waals surface area contributed by atoms with Gasteiger partial charge < -0.3 is 10.2 Å². The highest BCUT2D eigenvalue weighted by Crippen LogP contribution is 2.21. The van der Waals surface area contributed by atoms with E-state index in [-0.39, 0.29) is 24.0 Å². The second-order valence-electron chi connectivity index (χ2n) is 6.05. The lowest BCUT2D eigenvalue weighted by Gasteiger charge is -2.25. The number of halogens is 1. The standard InChI is InChI=1S/C17H27N5S2.HI/c1-2-18-16(19-7-5-12-23-17-20-8-13-24-17)22-11-6-15(14-22)21-9-3-4-10-21;/h3-4,8,13,15H,2,5-7,9-12,14H2,1H3,(H,18,19);1H. The summed E-state index contributed by atoms with van der Waals surface area (Å²) >= 11 is 3.55. The third kappa shape index (κ3) is 6.41. The fraction of sp³-hybridized carbons (Fsp3) is 0.647. The van der Waals surface area contributed by atoms with Crippen molar-refractivity contribution < 1.29 is 0 Å². The zero-order valence-corrected chi connectivity index (χ0v) is 18.7. The maximum atomic E-state index is 4.84. The third-order valence-corrected chi connectivity index (χ3v) is 6.41. The van der Waals surface area contributed by atoms with Crippen molar-refractivity contribution >= 4 is 53.0 Å². The molecule has 25 heavy (non-hydrogen) atoms. The van der Waals surface area contributed by atoms with Gasteiger partial charge in [0.15, 0.2) is 5.96 Å². The minimum atomic E-state index is 0. The average Bonchev–Trinajstić information content (AvgIpc) is 3.34. The molecule has 0 radical (unpaired) electrons. The van der Waals surface area contributed by atoms with E-state index >= 15 is 0 Å². The van der Waals surface area contributed by atoms with Gasteiger partial charge in [-0.2, -0.15) is 0 Å². The number of aliphatic imine (C=N–C) groups is 1. The number of hydrogen-bond acceptors (Lipinski definition) is 5. The Morgan fingerprint density at radius 1 is 1.44 bits per heavy atom. The van der Waals surface area contributed by atoms with E-state index in [1.54, 1.807) is 11.3 Å². The lowest BCUT2D eigenvalue weighted by Crippen LogP contribution is -2.42. The molecular formula is C17H28IN5S2. The van der Waals surface area contributed by atoms with E-state index < -0.39 is 0 Å². The van der Waals surface area contributed by atoms with Gasteiger partial charge in [-0.25, -0.2) is 4.98 Å². The van der Waals surface area contributed by atoms with Crippen molar-refractivity contribution in [1.29, 1.82) is 0 Å². The maximum absolute atomic E-state index is 4.84. The van der Waals surface area contributed by atoms with Crippen molar-refractivity contribution in [2.24, 2.45) is 4.99 Å². The van der Waals surface area contributed by atoms with Crippen molar-refractivity contribution in [3.8, 4) is 0 Å². The summed E-state index contributed by atoms with van der Waals surface area (Å²) in [5, 5.41) is 5.50. The van der Waals surface area contributed by atoms with E-state index in [9.17, 15) is 0 Å². The summed E-state index contributed by atoms with van der Waals surface area (Å²) in [6, 6.07) is 0.671. The number of thioether (sulfide) groups is 1. The molecule has 1 atom stereocenters. The average molecular weight is 493 g/mol. The molecule has 0 bridgehead atoms. The van der Waals surface area contributed by atoms with Gasteiger partial charge in [-0.15, -0.1) is 35.3 Å². The molecule has 3 rings (SSSR count). The number of guanidine groups is 1.